The van der Waals surface area contributed by atoms with Gasteiger partial charge in [0.15, 0.2) is 0 Å². The molecule has 15 heavy (non-hydrogen) atoms. The van der Waals surface area contributed by atoms with E-state index in [1.807, 2.05) is 13.8 Å². The predicted octanol–water partition coefficient (Wildman–Crippen LogP) is 1.14. The van der Waals surface area contributed by atoms with Crippen LogP contribution in [0.3, 0.4) is 0 Å². The van der Waals surface area contributed by atoms with E-state index in [9.17, 15) is 9.59 Å². The summed E-state index contributed by atoms with van der Waals surface area (Å²) in [6.07, 6.45) is 1.59. The Hall–Kier alpha value is -1.10. The smallest absolute Gasteiger partial charge is 0.265 e. The molecule has 1 heterocycles. The molecule has 0 aromatic carbocycles. The van der Waals surface area contributed by atoms with Gasteiger partial charge in [0.25, 0.3) is 5.56 Å². The Labute approximate surface area is 96.4 Å². The van der Waals surface area contributed by atoms with E-state index in [0.717, 1.165) is 0 Å². The maximum Gasteiger partial charge on any atom is 0.265 e. The van der Waals surface area contributed by atoms with Crippen molar-refractivity contribution in [2.75, 3.05) is 0 Å². The van der Waals surface area contributed by atoms with Crippen molar-refractivity contribution in [3.05, 3.63) is 33.2 Å². The van der Waals surface area contributed by atoms with Gasteiger partial charge in [-0.1, -0.05) is 0 Å². The van der Waals surface area contributed by atoms with Gasteiger partial charge in [-0.2, -0.15) is 0 Å². The minimum Gasteiger partial charge on any atom is -0.352 e. The maximum atomic E-state index is 11.5. The van der Waals surface area contributed by atoms with Gasteiger partial charge in [0.05, 0.1) is 4.47 Å². The van der Waals surface area contributed by atoms with Gasteiger partial charge in [-0.05, 0) is 41.9 Å². The molecule has 1 aromatic rings. The SMILES string of the molecule is CC(C)NC(=O)Cn1cccc(Br)c1=O. The van der Waals surface area contributed by atoms with E-state index in [0.29, 0.717) is 4.47 Å². The summed E-state index contributed by atoms with van der Waals surface area (Å²) in [6.45, 7) is 3.81. The van der Waals surface area contributed by atoms with Gasteiger partial charge in [0.1, 0.15) is 6.54 Å². The number of aromatic nitrogens is 1. The number of rotatable bonds is 3. The summed E-state index contributed by atoms with van der Waals surface area (Å²) in [5, 5.41) is 2.72. The lowest BCUT2D eigenvalue weighted by molar-refractivity contribution is -0.122. The normalized spacial score (nSPS) is 10.4. The van der Waals surface area contributed by atoms with Crippen molar-refractivity contribution in [2.45, 2.75) is 26.4 Å². The van der Waals surface area contributed by atoms with E-state index in [1.54, 1.807) is 18.3 Å². The Morgan fingerprint density at radius 1 is 1.60 bits per heavy atom. The highest BCUT2D eigenvalue weighted by Gasteiger charge is 2.06. The molecule has 0 aliphatic heterocycles. The van der Waals surface area contributed by atoms with Crippen LogP contribution in [0, 0.1) is 0 Å². The number of hydrogen-bond donors (Lipinski definition) is 1. The lowest BCUT2D eigenvalue weighted by atomic mass is 10.4. The molecule has 0 spiro atoms. The number of hydrogen-bond acceptors (Lipinski definition) is 2. The highest BCUT2D eigenvalue weighted by atomic mass is 79.9. The first-order valence-corrected chi connectivity index (χ1v) is 5.44. The summed E-state index contributed by atoms with van der Waals surface area (Å²) in [5.41, 5.74) is -0.198. The van der Waals surface area contributed by atoms with E-state index >= 15 is 0 Å². The van der Waals surface area contributed by atoms with Gasteiger partial charge in [0, 0.05) is 12.2 Å². The van der Waals surface area contributed by atoms with Crippen LogP contribution >= 0.6 is 15.9 Å². The summed E-state index contributed by atoms with van der Waals surface area (Å²) in [4.78, 5) is 22.9. The third kappa shape index (κ3) is 3.51. The van der Waals surface area contributed by atoms with E-state index in [4.69, 9.17) is 0 Å². The summed E-state index contributed by atoms with van der Waals surface area (Å²) in [6, 6.07) is 3.45. The first kappa shape index (κ1) is 12.0. The van der Waals surface area contributed by atoms with Crippen molar-refractivity contribution in [1.29, 1.82) is 0 Å². The van der Waals surface area contributed by atoms with Crippen LogP contribution in [0.5, 0.6) is 0 Å². The second kappa shape index (κ2) is 5.11. The molecule has 82 valence electrons. The van der Waals surface area contributed by atoms with Crippen molar-refractivity contribution in [3.8, 4) is 0 Å². The zero-order chi connectivity index (χ0) is 11.4. The fourth-order valence-corrected chi connectivity index (χ4v) is 1.53. The molecule has 4 nitrogen and oxygen atoms in total. The van der Waals surface area contributed by atoms with E-state index < -0.39 is 0 Å². The van der Waals surface area contributed by atoms with Crippen LogP contribution in [0.1, 0.15) is 13.8 Å². The highest BCUT2D eigenvalue weighted by Crippen LogP contribution is 2.00. The largest absolute Gasteiger partial charge is 0.352 e. The molecule has 1 rings (SSSR count). The molecule has 0 atom stereocenters. The van der Waals surface area contributed by atoms with Crippen LogP contribution in [-0.4, -0.2) is 16.5 Å². The average molecular weight is 273 g/mol. The zero-order valence-electron chi connectivity index (χ0n) is 8.66. The molecule has 5 heteroatoms. The molecular weight excluding hydrogens is 260 g/mol. The van der Waals surface area contributed by atoms with Crippen molar-refractivity contribution in [3.63, 3.8) is 0 Å². The van der Waals surface area contributed by atoms with Gasteiger partial charge < -0.3 is 9.88 Å². The molecule has 0 aliphatic rings. The minimum atomic E-state index is -0.198. The quantitative estimate of drug-likeness (QED) is 0.897. The Morgan fingerprint density at radius 3 is 2.87 bits per heavy atom. The molecule has 0 fully saturated rings. The Morgan fingerprint density at radius 2 is 2.27 bits per heavy atom. The fourth-order valence-electron chi connectivity index (χ4n) is 1.15. The number of carbonyl (C=O) groups excluding carboxylic acids is 1. The maximum absolute atomic E-state index is 11.5. The molecule has 0 unspecified atom stereocenters. The zero-order valence-corrected chi connectivity index (χ0v) is 10.2. The molecule has 0 saturated carbocycles. The summed E-state index contributed by atoms with van der Waals surface area (Å²) in [5.74, 6) is -0.162. The minimum absolute atomic E-state index is 0.0520. The van der Waals surface area contributed by atoms with Crippen LogP contribution in [0.4, 0.5) is 0 Å². The Kier molecular flexibility index (Phi) is 4.08. The number of carbonyl (C=O) groups is 1. The topological polar surface area (TPSA) is 51.1 Å². The molecule has 1 aromatic heterocycles. The Bertz CT molecular complexity index is 412. The second-order valence-corrected chi connectivity index (χ2v) is 4.37. The predicted molar refractivity (Wildman–Crippen MR) is 61.7 cm³/mol. The monoisotopic (exact) mass is 272 g/mol. The lowest BCUT2D eigenvalue weighted by Crippen LogP contribution is -2.35. The van der Waals surface area contributed by atoms with Crippen LogP contribution < -0.4 is 10.9 Å². The summed E-state index contributed by atoms with van der Waals surface area (Å²) >= 11 is 3.12. The van der Waals surface area contributed by atoms with Crippen LogP contribution in [-0.2, 0) is 11.3 Å². The molecular formula is C10H13BrN2O2. The van der Waals surface area contributed by atoms with E-state index in [-0.39, 0.29) is 24.1 Å². The number of nitrogens with one attached hydrogen (secondary N) is 1. The third-order valence-corrected chi connectivity index (χ3v) is 2.34. The molecule has 0 radical (unpaired) electrons. The van der Waals surface area contributed by atoms with Crippen LogP contribution in [0.25, 0.3) is 0 Å². The lowest BCUT2D eigenvalue weighted by Gasteiger charge is -2.09. The van der Waals surface area contributed by atoms with Gasteiger partial charge in [-0.25, -0.2) is 0 Å². The number of pyridine rings is 1. The van der Waals surface area contributed by atoms with E-state index in [2.05, 4.69) is 21.2 Å². The van der Waals surface area contributed by atoms with E-state index in [1.165, 1.54) is 4.57 Å². The molecule has 1 N–H and O–H groups in total. The number of nitrogens with zero attached hydrogens (tertiary/aromatic N) is 1. The Balaban J connectivity index is 2.77. The summed E-state index contributed by atoms with van der Waals surface area (Å²) < 4.78 is 1.82. The molecule has 0 aliphatic carbocycles. The van der Waals surface area contributed by atoms with Gasteiger partial charge >= 0.3 is 0 Å². The summed E-state index contributed by atoms with van der Waals surface area (Å²) in [7, 11) is 0. The molecule has 1 amide bonds. The average Bonchev–Trinajstić information content (AvgIpc) is 2.11. The van der Waals surface area contributed by atoms with Crippen molar-refractivity contribution in [2.24, 2.45) is 0 Å². The first-order chi connectivity index (χ1) is 7.00. The van der Waals surface area contributed by atoms with Gasteiger partial charge in [0.2, 0.25) is 5.91 Å². The van der Waals surface area contributed by atoms with Crippen molar-refractivity contribution >= 4 is 21.8 Å². The highest BCUT2D eigenvalue weighted by molar-refractivity contribution is 9.10. The second-order valence-electron chi connectivity index (χ2n) is 3.51. The number of amides is 1. The van der Waals surface area contributed by atoms with Crippen LogP contribution in [0.15, 0.2) is 27.6 Å². The first-order valence-electron chi connectivity index (χ1n) is 4.65. The fraction of sp³-hybridized carbons (Fsp3) is 0.400. The number of halogens is 1. The molecule has 0 saturated heterocycles. The third-order valence-electron chi connectivity index (χ3n) is 1.74. The van der Waals surface area contributed by atoms with Crippen molar-refractivity contribution < 1.29 is 4.79 Å². The van der Waals surface area contributed by atoms with Gasteiger partial charge in [-0.15, -0.1) is 0 Å². The molecule has 0 bridgehead atoms. The van der Waals surface area contributed by atoms with Gasteiger partial charge in [-0.3, -0.25) is 9.59 Å². The standard InChI is InChI=1S/C10H13BrN2O2/c1-7(2)12-9(14)6-13-5-3-4-8(11)10(13)15/h3-5,7H,6H2,1-2H3,(H,12,14). The van der Waals surface area contributed by atoms with Crippen molar-refractivity contribution in [1.82, 2.24) is 9.88 Å². The van der Waals surface area contributed by atoms with Crippen LogP contribution in [0.2, 0.25) is 0 Å².